The Labute approximate surface area is 203 Å². The molecule has 3 rings (SSSR count). The second kappa shape index (κ2) is 11.2. The molecule has 0 aliphatic heterocycles. The molecule has 0 atom stereocenters. The van der Waals surface area contributed by atoms with Gasteiger partial charge in [0.25, 0.3) is 15.9 Å². The molecule has 33 heavy (non-hydrogen) atoms. The largest absolute Gasteiger partial charge is 0.271 e. The van der Waals surface area contributed by atoms with Crippen LogP contribution in [0.5, 0.6) is 0 Å². The van der Waals surface area contributed by atoms with Crippen LogP contribution >= 0.6 is 15.9 Å². The van der Waals surface area contributed by atoms with Gasteiger partial charge in [0.15, 0.2) is 0 Å². The number of rotatable bonds is 9. The van der Waals surface area contributed by atoms with Gasteiger partial charge in [-0.2, -0.15) is 5.10 Å². The number of hydrogen-bond acceptors (Lipinski definition) is 4. The summed E-state index contributed by atoms with van der Waals surface area (Å²) in [5.41, 5.74) is 5.76. The quantitative estimate of drug-likeness (QED) is 0.311. The third-order valence-corrected chi connectivity index (χ3v) is 7.26. The Kier molecular flexibility index (Phi) is 8.41. The molecule has 0 saturated heterocycles. The number of hydrogen-bond donors (Lipinski definition) is 1. The van der Waals surface area contributed by atoms with Gasteiger partial charge < -0.3 is 0 Å². The number of anilines is 1. The van der Waals surface area contributed by atoms with E-state index in [4.69, 9.17) is 0 Å². The highest BCUT2D eigenvalue weighted by Gasteiger charge is 2.27. The molecule has 1 amide bonds. The number of carbonyl (C=O) groups is 1. The van der Waals surface area contributed by atoms with E-state index in [2.05, 4.69) is 26.5 Å². The summed E-state index contributed by atoms with van der Waals surface area (Å²) in [7, 11) is -3.96. The molecule has 1 N–H and O–H groups in total. The van der Waals surface area contributed by atoms with Crippen LogP contribution in [0.2, 0.25) is 0 Å². The van der Waals surface area contributed by atoms with Crippen LogP contribution in [0.1, 0.15) is 24.5 Å². The van der Waals surface area contributed by atoms with Crippen molar-refractivity contribution in [2.75, 3.05) is 10.8 Å². The molecule has 6 nitrogen and oxygen atoms in total. The lowest BCUT2D eigenvalue weighted by atomic mass is 10.1. The van der Waals surface area contributed by atoms with Crippen molar-refractivity contribution in [3.63, 3.8) is 0 Å². The maximum atomic E-state index is 13.4. The molecule has 0 saturated carbocycles. The number of aryl methyl sites for hydroxylation is 2. The van der Waals surface area contributed by atoms with Gasteiger partial charge in [0, 0.05) is 10.2 Å². The molecule has 0 heterocycles. The molecule has 0 spiro atoms. The lowest BCUT2D eigenvalue weighted by molar-refractivity contribution is -0.119. The van der Waals surface area contributed by atoms with Crippen LogP contribution in [0.25, 0.3) is 0 Å². The Morgan fingerprint density at radius 2 is 1.70 bits per heavy atom. The topological polar surface area (TPSA) is 78.8 Å². The number of carbonyl (C=O) groups excluding carboxylic acids is 1. The summed E-state index contributed by atoms with van der Waals surface area (Å²) in [4.78, 5) is 12.8. The average molecular weight is 528 g/mol. The fourth-order valence-electron chi connectivity index (χ4n) is 3.13. The Bertz CT molecular complexity index is 1230. The first-order valence-corrected chi connectivity index (χ1v) is 12.7. The lowest BCUT2D eigenvalue weighted by Crippen LogP contribution is -2.39. The predicted molar refractivity (Wildman–Crippen MR) is 136 cm³/mol. The van der Waals surface area contributed by atoms with E-state index in [1.807, 2.05) is 44.2 Å². The van der Waals surface area contributed by atoms with Crippen LogP contribution in [-0.4, -0.2) is 26.6 Å². The molecule has 3 aromatic rings. The Morgan fingerprint density at radius 1 is 1.00 bits per heavy atom. The number of amides is 1. The van der Waals surface area contributed by atoms with Gasteiger partial charge in [-0.3, -0.25) is 9.10 Å². The van der Waals surface area contributed by atoms with Crippen LogP contribution in [-0.2, 0) is 21.2 Å². The van der Waals surface area contributed by atoms with E-state index in [9.17, 15) is 13.2 Å². The van der Waals surface area contributed by atoms with E-state index in [1.54, 1.807) is 48.5 Å². The van der Waals surface area contributed by atoms with Crippen LogP contribution in [0.15, 0.2) is 93.3 Å². The van der Waals surface area contributed by atoms with Crippen molar-refractivity contribution in [1.82, 2.24) is 5.43 Å². The summed E-state index contributed by atoms with van der Waals surface area (Å²) in [5.74, 6) is -0.523. The van der Waals surface area contributed by atoms with Crippen LogP contribution in [0.4, 0.5) is 5.69 Å². The molecular formula is C25H26BrN3O3S. The fraction of sp³-hybridized carbons (Fsp3) is 0.200. The molecule has 8 heteroatoms. The van der Waals surface area contributed by atoms with Gasteiger partial charge in [0.1, 0.15) is 6.54 Å². The zero-order valence-corrected chi connectivity index (χ0v) is 20.9. The number of nitrogens with zero attached hydrogens (tertiary/aromatic N) is 2. The maximum absolute atomic E-state index is 13.4. The molecule has 3 aromatic carbocycles. The highest BCUT2D eigenvalue weighted by atomic mass is 79.9. The van der Waals surface area contributed by atoms with E-state index >= 15 is 0 Å². The minimum absolute atomic E-state index is 0.114. The van der Waals surface area contributed by atoms with E-state index in [-0.39, 0.29) is 4.90 Å². The number of nitrogens with one attached hydrogen (secondary N) is 1. The van der Waals surface area contributed by atoms with Crippen LogP contribution in [0.3, 0.4) is 0 Å². The van der Waals surface area contributed by atoms with Gasteiger partial charge in [0.05, 0.1) is 10.6 Å². The van der Waals surface area contributed by atoms with E-state index in [0.29, 0.717) is 16.6 Å². The molecular weight excluding hydrogens is 502 g/mol. The zero-order chi connectivity index (χ0) is 23.8. The number of hydrazone groups is 1. The molecule has 0 aromatic heterocycles. The highest BCUT2D eigenvalue weighted by Crippen LogP contribution is 2.26. The summed E-state index contributed by atoms with van der Waals surface area (Å²) in [6.45, 7) is 3.31. The first-order chi connectivity index (χ1) is 15.8. The van der Waals surface area contributed by atoms with Crippen LogP contribution in [0, 0.1) is 6.92 Å². The highest BCUT2D eigenvalue weighted by molar-refractivity contribution is 9.10. The Morgan fingerprint density at radius 3 is 2.36 bits per heavy atom. The second-order valence-corrected chi connectivity index (χ2v) is 10.5. The summed E-state index contributed by atoms with van der Waals surface area (Å²) in [6, 6.07) is 23.4. The van der Waals surface area contributed by atoms with Gasteiger partial charge in [-0.05, 0) is 62.6 Å². The van der Waals surface area contributed by atoms with Gasteiger partial charge >= 0.3 is 0 Å². The normalized spacial score (nSPS) is 11.8. The van der Waals surface area contributed by atoms with Crippen molar-refractivity contribution in [2.45, 2.75) is 31.6 Å². The summed E-state index contributed by atoms with van der Waals surface area (Å²) in [5, 5.41) is 4.16. The minimum atomic E-state index is -3.96. The number of halogens is 1. The summed E-state index contributed by atoms with van der Waals surface area (Å²) >= 11 is 3.37. The van der Waals surface area contributed by atoms with Gasteiger partial charge in [-0.15, -0.1) is 0 Å². The van der Waals surface area contributed by atoms with Gasteiger partial charge in [-0.1, -0.05) is 70.0 Å². The van der Waals surface area contributed by atoms with Crippen molar-refractivity contribution >= 4 is 43.3 Å². The third-order valence-electron chi connectivity index (χ3n) is 4.98. The summed E-state index contributed by atoms with van der Waals surface area (Å²) in [6.07, 6.45) is 1.49. The third kappa shape index (κ3) is 7.00. The number of benzene rings is 3. The monoisotopic (exact) mass is 527 g/mol. The average Bonchev–Trinajstić information content (AvgIpc) is 2.80. The van der Waals surface area contributed by atoms with Crippen molar-refractivity contribution in [1.29, 1.82) is 0 Å². The van der Waals surface area contributed by atoms with E-state index < -0.39 is 22.5 Å². The smallest absolute Gasteiger partial charge is 0.264 e. The molecule has 0 bridgehead atoms. The molecule has 0 aliphatic carbocycles. The minimum Gasteiger partial charge on any atom is -0.271 e. The van der Waals surface area contributed by atoms with E-state index in [0.717, 1.165) is 22.0 Å². The van der Waals surface area contributed by atoms with Crippen molar-refractivity contribution in [2.24, 2.45) is 5.10 Å². The van der Waals surface area contributed by atoms with Crippen molar-refractivity contribution in [3.8, 4) is 0 Å². The predicted octanol–water partition coefficient (Wildman–Crippen LogP) is 5.08. The standard InChI is InChI=1S/C25H26BrN3O3S/c1-19-11-15-24(16-12-19)33(31,32)29(23-10-6-9-22(26)17-23)18-25(30)28-27-20(2)13-14-21-7-4-3-5-8-21/h3-12,15-17H,13-14,18H2,1-2H3,(H,28,30)/b27-20-. The zero-order valence-electron chi connectivity index (χ0n) is 18.5. The fourth-order valence-corrected chi connectivity index (χ4v) is 4.93. The summed E-state index contributed by atoms with van der Waals surface area (Å²) < 4.78 is 28.6. The first kappa shape index (κ1) is 24.7. The molecule has 0 radical (unpaired) electrons. The number of sulfonamides is 1. The lowest BCUT2D eigenvalue weighted by Gasteiger charge is -2.24. The van der Waals surface area contributed by atoms with Gasteiger partial charge in [-0.25, -0.2) is 13.8 Å². The van der Waals surface area contributed by atoms with Crippen molar-refractivity contribution in [3.05, 3.63) is 94.5 Å². The van der Waals surface area contributed by atoms with Crippen LogP contribution < -0.4 is 9.73 Å². The Hall–Kier alpha value is -2.97. The van der Waals surface area contributed by atoms with Crippen molar-refractivity contribution < 1.29 is 13.2 Å². The van der Waals surface area contributed by atoms with E-state index in [1.165, 1.54) is 5.56 Å². The second-order valence-electron chi connectivity index (χ2n) is 7.67. The first-order valence-electron chi connectivity index (χ1n) is 10.5. The molecule has 0 aliphatic rings. The Balaban J connectivity index is 1.75. The van der Waals surface area contributed by atoms with Gasteiger partial charge in [0.2, 0.25) is 0 Å². The molecule has 172 valence electrons. The maximum Gasteiger partial charge on any atom is 0.264 e. The molecule has 0 unspecified atom stereocenters. The molecule has 0 fully saturated rings. The SMILES string of the molecule is C/C(CCc1ccccc1)=N/NC(=O)CN(c1cccc(Br)c1)S(=O)(=O)c1ccc(C)cc1.